The monoisotopic (exact) mass is 559 g/mol. The summed E-state index contributed by atoms with van der Waals surface area (Å²) in [6.07, 6.45) is 0. The molecule has 2 heterocycles. The number of rotatable bonds is 12. The minimum Gasteiger partial charge on any atom is -0.484 e. The molecule has 0 saturated carbocycles. The first-order valence-corrected chi connectivity index (χ1v) is 14.2. The summed E-state index contributed by atoms with van der Waals surface area (Å²) in [6.45, 7) is 5.03. The van der Waals surface area contributed by atoms with Gasteiger partial charge in [0.05, 0.1) is 10.2 Å². The number of fused-ring (bicyclic) bond motifs is 1. The highest BCUT2D eigenvalue weighted by molar-refractivity contribution is 8.77. The molecular weight excluding hydrogens is 534 g/mol. The SMILES string of the molecule is C=C(C)C(C(=O)OCOC)N1C(=O)C(NC(=O)COc2ccccc2)C1SSc1nc2ccccc2s1. The summed E-state index contributed by atoms with van der Waals surface area (Å²) in [6, 6.07) is 14.8. The number of methoxy groups -OCH3 is 1. The maximum absolute atomic E-state index is 13.2. The van der Waals surface area contributed by atoms with Crippen LogP contribution >= 0.6 is 32.9 Å². The van der Waals surface area contributed by atoms with Crippen molar-refractivity contribution in [1.82, 2.24) is 15.2 Å². The molecule has 37 heavy (non-hydrogen) atoms. The Morgan fingerprint density at radius 3 is 2.62 bits per heavy atom. The number of amides is 2. The summed E-state index contributed by atoms with van der Waals surface area (Å²) < 4.78 is 17.3. The number of hydrogen-bond donors (Lipinski definition) is 1. The van der Waals surface area contributed by atoms with Crippen LogP contribution in [0, 0.1) is 0 Å². The van der Waals surface area contributed by atoms with Crippen molar-refractivity contribution >= 4 is 60.9 Å². The molecule has 194 valence electrons. The number of hydrogen-bond acceptors (Lipinski definition) is 10. The van der Waals surface area contributed by atoms with Crippen LogP contribution in [0.15, 0.2) is 71.1 Å². The second kappa shape index (κ2) is 12.5. The molecule has 9 nitrogen and oxygen atoms in total. The Morgan fingerprint density at radius 2 is 1.92 bits per heavy atom. The quantitative estimate of drug-likeness (QED) is 0.116. The highest BCUT2D eigenvalue weighted by Gasteiger charge is 2.54. The second-order valence-electron chi connectivity index (χ2n) is 8.03. The summed E-state index contributed by atoms with van der Waals surface area (Å²) in [7, 11) is 4.10. The van der Waals surface area contributed by atoms with Crippen LogP contribution in [0.3, 0.4) is 0 Å². The van der Waals surface area contributed by atoms with Crippen molar-refractivity contribution in [2.24, 2.45) is 0 Å². The molecule has 0 bridgehead atoms. The van der Waals surface area contributed by atoms with Crippen LogP contribution in [0.1, 0.15) is 6.92 Å². The van der Waals surface area contributed by atoms with Gasteiger partial charge in [0, 0.05) is 7.11 Å². The number of β-lactam (4-membered cyclic amide) rings is 1. The van der Waals surface area contributed by atoms with Crippen LogP contribution < -0.4 is 10.1 Å². The fourth-order valence-corrected chi connectivity index (χ4v) is 7.56. The fraction of sp³-hybridized carbons (Fsp3) is 0.280. The van der Waals surface area contributed by atoms with Gasteiger partial charge in [-0.25, -0.2) is 9.78 Å². The fourth-order valence-electron chi connectivity index (χ4n) is 3.60. The van der Waals surface area contributed by atoms with E-state index in [1.807, 2.05) is 30.3 Å². The first-order valence-electron chi connectivity index (χ1n) is 11.2. The van der Waals surface area contributed by atoms with Crippen LogP contribution in [-0.2, 0) is 23.9 Å². The molecular formula is C25H25N3O6S3. The van der Waals surface area contributed by atoms with Gasteiger partial charge in [-0.15, -0.1) is 11.3 Å². The van der Waals surface area contributed by atoms with Gasteiger partial charge >= 0.3 is 5.97 Å². The molecule has 3 aromatic rings. The number of esters is 1. The van der Waals surface area contributed by atoms with Gasteiger partial charge in [-0.2, -0.15) is 0 Å². The summed E-state index contributed by atoms with van der Waals surface area (Å²) in [5, 5.41) is 2.16. The van der Waals surface area contributed by atoms with E-state index >= 15 is 0 Å². The summed E-state index contributed by atoms with van der Waals surface area (Å²) in [5.74, 6) is -0.987. The Kier molecular flexibility index (Phi) is 9.09. The Hall–Kier alpha value is -3.06. The molecule has 1 saturated heterocycles. The lowest BCUT2D eigenvalue weighted by Gasteiger charge is -2.49. The van der Waals surface area contributed by atoms with Crippen LogP contribution in [0.25, 0.3) is 10.2 Å². The zero-order valence-electron chi connectivity index (χ0n) is 20.1. The maximum Gasteiger partial charge on any atom is 0.335 e. The lowest BCUT2D eigenvalue weighted by Crippen LogP contribution is -2.73. The summed E-state index contributed by atoms with van der Waals surface area (Å²) >= 11 is 1.52. The van der Waals surface area contributed by atoms with Crippen LogP contribution in [0.4, 0.5) is 0 Å². The van der Waals surface area contributed by atoms with Gasteiger partial charge in [0.15, 0.2) is 23.8 Å². The molecule has 3 atom stereocenters. The number of para-hydroxylation sites is 2. The highest BCUT2D eigenvalue weighted by atomic mass is 33.1. The van der Waals surface area contributed by atoms with Crippen molar-refractivity contribution in [2.75, 3.05) is 20.5 Å². The normalized spacial score (nSPS) is 17.7. The zero-order chi connectivity index (χ0) is 26.4. The Morgan fingerprint density at radius 1 is 1.19 bits per heavy atom. The van der Waals surface area contributed by atoms with E-state index < -0.39 is 35.2 Å². The first kappa shape index (κ1) is 27.0. The first-order chi connectivity index (χ1) is 17.9. The largest absolute Gasteiger partial charge is 0.484 e. The predicted molar refractivity (Wildman–Crippen MR) is 144 cm³/mol. The molecule has 1 aromatic heterocycles. The lowest BCUT2D eigenvalue weighted by molar-refractivity contribution is -0.169. The standard InChI is InChI=1S/C25H25N3O6S3/c1-15(2)21(24(31)34-14-32-3)28-22(30)20(27-19(29)13-33-16-9-5-4-6-10-16)23(28)36-37-25-26-17-11-7-8-12-18(17)35-25/h4-12,20-21,23H,1,13-14H2,2-3H3,(H,27,29). The van der Waals surface area contributed by atoms with E-state index in [4.69, 9.17) is 14.2 Å². The number of carbonyl (C=O) groups is 3. The third kappa shape index (κ3) is 6.45. The predicted octanol–water partition coefficient (Wildman–Crippen LogP) is 3.86. The minimum atomic E-state index is -1.02. The minimum absolute atomic E-state index is 0.250. The third-order valence-electron chi connectivity index (χ3n) is 5.29. The van der Waals surface area contributed by atoms with E-state index in [0.717, 1.165) is 14.6 Å². The zero-order valence-corrected chi connectivity index (χ0v) is 22.6. The number of aromatic nitrogens is 1. The van der Waals surface area contributed by atoms with Gasteiger partial charge in [-0.05, 0) is 47.6 Å². The van der Waals surface area contributed by atoms with E-state index in [-0.39, 0.29) is 13.4 Å². The van der Waals surface area contributed by atoms with Gasteiger partial charge in [0.2, 0.25) is 5.91 Å². The highest BCUT2D eigenvalue weighted by Crippen LogP contribution is 2.45. The van der Waals surface area contributed by atoms with E-state index in [2.05, 4.69) is 16.9 Å². The smallest absolute Gasteiger partial charge is 0.335 e. The molecule has 4 rings (SSSR count). The van der Waals surface area contributed by atoms with Gasteiger partial charge in [0.25, 0.3) is 5.91 Å². The van der Waals surface area contributed by atoms with Crippen LogP contribution in [0.2, 0.25) is 0 Å². The molecule has 1 fully saturated rings. The molecule has 3 unspecified atom stereocenters. The average Bonchev–Trinajstić information content (AvgIpc) is 3.32. The molecule has 2 aromatic carbocycles. The summed E-state index contributed by atoms with van der Waals surface area (Å²) in [4.78, 5) is 44.6. The lowest BCUT2D eigenvalue weighted by atomic mass is 9.99. The number of nitrogens with one attached hydrogen (secondary N) is 1. The van der Waals surface area contributed by atoms with Crippen molar-refractivity contribution in [1.29, 1.82) is 0 Å². The Labute approximate surface area is 225 Å². The Bertz CT molecular complexity index is 1250. The molecule has 12 heteroatoms. The maximum atomic E-state index is 13.2. The molecule has 1 aliphatic rings. The number of likely N-dealkylation sites (tertiary alicyclic amines) is 1. The van der Waals surface area contributed by atoms with Crippen LogP contribution in [-0.4, -0.2) is 65.6 Å². The molecule has 2 amide bonds. The molecule has 0 radical (unpaired) electrons. The van der Waals surface area contributed by atoms with Crippen molar-refractivity contribution < 1.29 is 28.6 Å². The van der Waals surface area contributed by atoms with E-state index in [9.17, 15) is 14.4 Å². The van der Waals surface area contributed by atoms with Crippen molar-refractivity contribution in [3.63, 3.8) is 0 Å². The molecule has 0 aliphatic carbocycles. The van der Waals surface area contributed by atoms with Gasteiger partial charge in [-0.1, -0.05) is 47.7 Å². The van der Waals surface area contributed by atoms with E-state index in [0.29, 0.717) is 11.3 Å². The molecule has 0 spiro atoms. The second-order valence-corrected chi connectivity index (χ2v) is 11.6. The van der Waals surface area contributed by atoms with E-state index in [1.54, 1.807) is 31.2 Å². The van der Waals surface area contributed by atoms with Gasteiger partial charge in [0.1, 0.15) is 17.2 Å². The van der Waals surface area contributed by atoms with Crippen molar-refractivity contribution in [2.45, 2.75) is 28.7 Å². The summed E-state index contributed by atoms with van der Waals surface area (Å²) in [5.41, 5.74) is 1.31. The number of benzene rings is 2. The number of thiazole rings is 1. The molecule has 1 N–H and O–H groups in total. The number of carbonyl (C=O) groups excluding carboxylic acids is 3. The van der Waals surface area contributed by atoms with Crippen molar-refractivity contribution in [3.8, 4) is 5.75 Å². The number of ether oxygens (including phenoxy) is 3. The topological polar surface area (TPSA) is 107 Å². The van der Waals surface area contributed by atoms with Crippen LogP contribution in [0.5, 0.6) is 5.75 Å². The van der Waals surface area contributed by atoms with Gasteiger partial charge < -0.3 is 24.4 Å². The van der Waals surface area contributed by atoms with Crippen molar-refractivity contribution in [3.05, 3.63) is 66.7 Å². The number of nitrogens with zero attached hydrogens (tertiary/aromatic N) is 2. The average molecular weight is 560 g/mol. The Balaban J connectivity index is 1.49. The van der Waals surface area contributed by atoms with Gasteiger partial charge in [-0.3, -0.25) is 9.59 Å². The van der Waals surface area contributed by atoms with E-state index in [1.165, 1.54) is 44.9 Å². The third-order valence-corrected chi connectivity index (χ3v) is 9.32. The molecule has 1 aliphatic heterocycles.